The number of nitrogens with one attached hydrogen (secondary N) is 1. The zero-order valence-electron chi connectivity index (χ0n) is 13.0. The minimum Gasteiger partial charge on any atom is -0.466 e. The highest BCUT2D eigenvalue weighted by Crippen LogP contribution is 2.24. The fraction of sp³-hybridized carbons (Fsp3) is 0.143. The van der Waals surface area contributed by atoms with Gasteiger partial charge in [-0.2, -0.15) is 5.10 Å². The molecule has 0 saturated carbocycles. The number of nitrogens with zero attached hydrogens (tertiary/aromatic N) is 3. The van der Waals surface area contributed by atoms with Crippen LogP contribution in [-0.2, 0) is 14.3 Å². The molecule has 11 heteroatoms. The number of thioether (sulfide) groups is 1. The highest BCUT2D eigenvalue weighted by Gasteiger charge is 2.25. The van der Waals surface area contributed by atoms with Crippen molar-refractivity contribution in [3.63, 3.8) is 0 Å². The van der Waals surface area contributed by atoms with Crippen LogP contribution < -0.4 is 5.32 Å². The summed E-state index contributed by atoms with van der Waals surface area (Å²) in [5, 5.41) is 20.6. The monoisotopic (exact) mass is 366 g/mol. The molecule has 0 aliphatic carbocycles. The first-order chi connectivity index (χ1) is 11.8. The predicted molar refractivity (Wildman–Crippen MR) is 88.7 cm³/mol. The molecule has 1 aromatic rings. The summed E-state index contributed by atoms with van der Waals surface area (Å²) >= 11 is 0.823. The van der Waals surface area contributed by atoms with E-state index in [0.29, 0.717) is 5.56 Å². The summed E-state index contributed by atoms with van der Waals surface area (Å²) in [6.07, 6.45) is 1.87. The van der Waals surface area contributed by atoms with Gasteiger partial charge >= 0.3 is 5.97 Å². The summed E-state index contributed by atoms with van der Waals surface area (Å²) in [7, 11) is 1.17. The van der Waals surface area contributed by atoms with Crippen molar-refractivity contribution >= 4 is 40.7 Å². The number of hydrogen-bond acceptors (Lipinski definition) is 8. The lowest BCUT2D eigenvalue weighted by atomic mass is 10.1. The molecule has 25 heavy (non-hydrogen) atoms. The maximum atomic E-state index is 13.9. The first kappa shape index (κ1) is 18.3. The van der Waals surface area contributed by atoms with Crippen LogP contribution in [0.1, 0.15) is 11.1 Å². The van der Waals surface area contributed by atoms with Gasteiger partial charge in [-0.05, 0) is 30.3 Å². The molecule has 1 aliphatic heterocycles. The number of carbonyl (C=O) groups is 2. The molecule has 0 unspecified atom stereocenters. The Balaban J connectivity index is 2.23. The third-order valence-corrected chi connectivity index (χ3v) is 3.79. The number of halogens is 1. The van der Waals surface area contributed by atoms with Gasteiger partial charge in [0.1, 0.15) is 11.4 Å². The molecule has 1 fully saturated rings. The topological polar surface area (TPSA) is 123 Å². The third kappa shape index (κ3) is 4.47. The zero-order valence-corrected chi connectivity index (χ0v) is 13.8. The number of methoxy groups -OCH3 is 1. The molecule has 0 atom stereocenters. The molecular formula is C14H11FN4O5S. The molecule has 1 N–H and O–H groups in total. The largest absolute Gasteiger partial charge is 0.466 e. The number of amides is 1. The molecular weight excluding hydrogens is 355 g/mol. The molecule has 2 rings (SSSR count). The Hall–Kier alpha value is -3.08. The number of aryl methyl sites for hydroxylation is 1. The summed E-state index contributed by atoms with van der Waals surface area (Å²) in [4.78, 5) is 33.0. The molecule has 130 valence electrons. The van der Waals surface area contributed by atoms with E-state index in [4.69, 9.17) is 0 Å². The summed E-state index contributed by atoms with van der Waals surface area (Å²) in [6.45, 7) is 1.52. The second kappa shape index (κ2) is 7.66. The number of benzene rings is 1. The van der Waals surface area contributed by atoms with Crippen molar-refractivity contribution in [2.45, 2.75) is 6.92 Å². The van der Waals surface area contributed by atoms with Gasteiger partial charge in [-0.15, -0.1) is 5.10 Å². The van der Waals surface area contributed by atoms with Crippen LogP contribution in [-0.4, -0.2) is 35.3 Å². The summed E-state index contributed by atoms with van der Waals surface area (Å²) in [5.41, 5.74) is -0.390. The van der Waals surface area contributed by atoms with E-state index in [2.05, 4.69) is 20.3 Å². The molecule has 1 aliphatic rings. The van der Waals surface area contributed by atoms with E-state index in [1.807, 2.05) is 0 Å². The minimum atomic E-state index is -0.815. The van der Waals surface area contributed by atoms with Gasteiger partial charge in [0.25, 0.3) is 11.6 Å². The van der Waals surface area contributed by atoms with Crippen molar-refractivity contribution in [2.75, 3.05) is 7.11 Å². The maximum absolute atomic E-state index is 13.9. The second-order valence-corrected chi connectivity index (χ2v) is 5.70. The quantitative estimate of drug-likeness (QED) is 0.284. The number of rotatable bonds is 4. The van der Waals surface area contributed by atoms with Gasteiger partial charge in [-0.1, -0.05) is 0 Å². The van der Waals surface area contributed by atoms with E-state index < -0.39 is 28.3 Å². The summed E-state index contributed by atoms with van der Waals surface area (Å²) < 4.78 is 18.3. The SMILES string of the molecule is COC(=O)/C=C1/S/C(=N\N=Cc2c(F)cc(C)cc2[N+](=O)[O-])NC1=O. The van der Waals surface area contributed by atoms with Gasteiger partial charge in [0.05, 0.1) is 23.2 Å². The first-order valence-electron chi connectivity index (χ1n) is 6.66. The first-order valence-corrected chi connectivity index (χ1v) is 7.48. The molecule has 0 spiro atoms. The smallest absolute Gasteiger partial charge is 0.331 e. The fourth-order valence-electron chi connectivity index (χ4n) is 1.79. The average molecular weight is 366 g/mol. The number of amidine groups is 1. The minimum absolute atomic E-state index is 0.0339. The van der Waals surface area contributed by atoms with Crippen molar-refractivity contribution in [3.8, 4) is 0 Å². The lowest BCUT2D eigenvalue weighted by Gasteiger charge is -2.00. The van der Waals surface area contributed by atoms with E-state index in [0.717, 1.165) is 30.1 Å². The van der Waals surface area contributed by atoms with Gasteiger partial charge in [0, 0.05) is 12.1 Å². The Labute approximate surface area is 144 Å². The second-order valence-electron chi connectivity index (χ2n) is 4.67. The Morgan fingerprint density at radius 1 is 1.48 bits per heavy atom. The lowest BCUT2D eigenvalue weighted by molar-refractivity contribution is -0.385. The molecule has 0 bridgehead atoms. The molecule has 1 amide bonds. The van der Waals surface area contributed by atoms with Crippen LogP contribution in [0.2, 0.25) is 0 Å². The van der Waals surface area contributed by atoms with Gasteiger partial charge in [0.2, 0.25) is 0 Å². The Bertz CT molecular complexity index is 850. The fourth-order valence-corrected chi connectivity index (χ4v) is 2.53. The number of carbonyl (C=O) groups excluding carboxylic acids is 2. The van der Waals surface area contributed by atoms with Crippen LogP contribution >= 0.6 is 11.8 Å². The number of nitro groups is 1. The third-order valence-electron chi connectivity index (χ3n) is 2.89. The summed E-state index contributed by atoms with van der Waals surface area (Å²) in [5.74, 6) is -2.10. The normalized spacial score (nSPS) is 17.3. The van der Waals surface area contributed by atoms with Crippen molar-refractivity contribution < 1.29 is 23.6 Å². The molecule has 1 heterocycles. The standard InChI is InChI=1S/C14H11FN4O5S/c1-7-3-9(15)8(10(4-7)19(22)23)6-16-18-14-17-13(21)11(25-14)5-12(20)24-2/h3-6H,1-2H3,(H,17,18,21)/b11-5+,16-6?. The van der Waals surface area contributed by atoms with E-state index in [1.54, 1.807) is 0 Å². The van der Waals surface area contributed by atoms with E-state index in [9.17, 15) is 24.1 Å². The van der Waals surface area contributed by atoms with Crippen molar-refractivity contribution in [1.29, 1.82) is 0 Å². The number of ether oxygens (including phenoxy) is 1. The zero-order chi connectivity index (χ0) is 18.6. The molecule has 0 radical (unpaired) electrons. The highest BCUT2D eigenvalue weighted by molar-refractivity contribution is 8.18. The van der Waals surface area contributed by atoms with Crippen molar-refractivity contribution in [3.05, 3.63) is 50.2 Å². The predicted octanol–water partition coefficient (Wildman–Crippen LogP) is 1.65. The molecule has 0 aromatic heterocycles. The van der Waals surface area contributed by atoms with Crippen LogP contribution in [0.5, 0.6) is 0 Å². The number of hydrogen-bond donors (Lipinski definition) is 1. The van der Waals surface area contributed by atoms with Crippen LogP contribution in [0, 0.1) is 22.9 Å². The lowest BCUT2D eigenvalue weighted by Crippen LogP contribution is -2.19. The summed E-state index contributed by atoms with van der Waals surface area (Å²) in [6, 6.07) is 2.34. The molecule has 9 nitrogen and oxygen atoms in total. The maximum Gasteiger partial charge on any atom is 0.331 e. The van der Waals surface area contributed by atoms with E-state index in [1.165, 1.54) is 20.1 Å². The molecule has 1 saturated heterocycles. The Morgan fingerprint density at radius 2 is 2.20 bits per heavy atom. The number of esters is 1. The van der Waals surface area contributed by atoms with Crippen molar-refractivity contribution in [2.24, 2.45) is 10.2 Å². The Morgan fingerprint density at radius 3 is 2.84 bits per heavy atom. The van der Waals surface area contributed by atoms with E-state index >= 15 is 0 Å². The highest BCUT2D eigenvalue weighted by atomic mass is 32.2. The van der Waals surface area contributed by atoms with Gasteiger partial charge in [0.15, 0.2) is 5.17 Å². The molecule has 1 aromatic carbocycles. The van der Waals surface area contributed by atoms with Gasteiger partial charge in [-0.25, -0.2) is 9.18 Å². The van der Waals surface area contributed by atoms with E-state index in [-0.39, 0.29) is 15.6 Å². The van der Waals surface area contributed by atoms with Crippen molar-refractivity contribution in [1.82, 2.24) is 5.32 Å². The number of nitro benzene ring substituents is 1. The Kier molecular flexibility index (Phi) is 5.60. The van der Waals surface area contributed by atoms with Crippen LogP contribution in [0.25, 0.3) is 0 Å². The van der Waals surface area contributed by atoms with Gasteiger partial charge in [-0.3, -0.25) is 20.2 Å². The van der Waals surface area contributed by atoms with Crippen LogP contribution in [0.4, 0.5) is 10.1 Å². The van der Waals surface area contributed by atoms with Gasteiger partial charge < -0.3 is 4.74 Å². The average Bonchev–Trinajstić information content (AvgIpc) is 2.88. The van der Waals surface area contributed by atoms with Crippen LogP contribution in [0.3, 0.4) is 0 Å². The van der Waals surface area contributed by atoms with Crippen LogP contribution in [0.15, 0.2) is 33.3 Å².